The quantitative estimate of drug-likeness (QED) is 0.352. The molecule has 8 heteroatoms. The number of furan rings is 1. The number of hydrogen-bond donors (Lipinski definition) is 1. The minimum Gasteiger partial charge on any atom is -0.459 e. The Kier molecular flexibility index (Phi) is 9.07. The van der Waals surface area contributed by atoms with Crippen LogP contribution in [0.3, 0.4) is 0 Å². The second-order valence-electron chi connectivity index (χ2n) is 7.55. The number of carbonyl (C=O) groups excluding carboxylic acids is 1. The number of amides is 1. The Labute approximate surface area is 185 Å². The Morgan fingerprint density at radius 2 is 1.96 bits per heavy atom. The summed E-state index contributed by atoms with van der Waals surface area (Å²) >= 11 is 0. The highest BCUT2D eigenvalue weighted by molar-refractivity contribution is 14.0. The maximum atomic E-state index is 12.4. The molecule has 0 unspecified atom stereocenters. The third-order valence-corrected chi connectivity index (χ3v) is 5.23. The zero-order chi connectivity index (χ0) is 19.2. The van der Waals surface area contributed by atoms with Crippen molar-refractivity contribution in [2.24, 2.45) is 4.99 Å². The molecule has 1 saturated heterocycles. The lowest BCUT2D eigenvalue weighted by atomic mass is 10.3. The van der Waals surface area contributed by atoms with Gasteiger partial charge in [-0.2, -0.15) is 0 Å². The molecule has 1 aromatic heterocycles. The van der Waals surface area contributed by atoms with Crippen molar-refractivity contribution in [1.82, 2.24) is 20.0 Å². The Bertz CT molecular complexity index is 621. The lowest BCUT2D eigenvalue weighted by molar-refractivity contribution is 0.0657. The highest BCUT2D eigenvalue weighted by Gasteiger charge is 2.30. The van der Waals surface area contributed by atoms with E-state index in [-0.39, 0.29) is 29.9 Å². The van der Waals surface area contributed by atoms with Crippen LogP contribution < -0.4 is 5.32 Å². The van der Waals surface area contributed by atoms with Crippen LogP contribution in [-0.2, 0) is 0 Å². The summed E-state index contributed by atoms with van der Waals surface area (Å²) in [5.74, 6) is 1.35. The Morgan fingerprint density at radius 1 is 1.29 bits per heavy atom. The summed E-state index contributed by atoms with van der Waals surface area (Å²) in [4.78, 5) is 23.9. The van der Waals surface area contributed by atoms with Gasteiger partial charge in [0.05, 0.1) is 12.8 Å². The maximum absolute atomic E-state index is 12.4. The first-order valence-corrected chi connectivity index (χ1v) is 10.2. The number of rotatable bonds is 7. The number of guanidine groups is 1. The Hall–Kier alpha value is -1.29. The van der Waals surface area contributed by atoms with E-state index in [0.29, 0.717) is 24.9 Å². The summed E-state index contributed by atoms with van der Waals surface area (Å²) in [5, 5.41) is 3.41. The van der Waals surface area contributed by atoms with Gasteiger partial charge in [-0.1, -0.05) is 0 Å². The SMILES string of the molecule is CCNC(=NCCN(C(C)C)C1CC1)N1CCN(C(=O)c2ccco2)CC1.I. The van der Waals surface area contributed by atoms with Crippen LogP contribution in [0.1, 0.15) is 44.2 Å². The first-order chi connectivity index (χ1) is 13.1. The zero-order valence-electron chi connectivity index (χ0n) is 17.3. The molecule has 158 valence electrons. The van der Waals surface area contributed by atoms with Gasteiger partial charge in [-0.25, -0.2) is 0 Å². The minimum absolute atomic E-state index is 0. The van der Waals surface area contributed by atoms with Gasteiger partial charge in [0.2, 0.25) is 0 Å². The van der Waals surface area contributed by atoms with Gasteiger partial charge >= 0.3 is 0 Å². The summed E-state index contributed by atoms with van der Waals surface area (Å²) in [7, 11) is 0. The van der Waals surface area contributed by atoms with Gasteiger partial charge in [-0.05, 0) is 45.7 Å². The molecule has 7 nitrogen and oxygen atoms in total. The van der Waals surface area contributed by atoms with Crippen molar-refractivity contribution < 1.29 is 9.21 Å². The van der Waals surface area contributed by atoms with E-state index < -0.39 is 0 Å². The van der Waals surface area contributed by atoms with Crippen LogP contribution in [0.4, 0.5) is 0 Å². The van der Waals surface area contributed by atoms with E-state index >= 15 is 0 Å². The molecule has 2 heterocycles. The highest BCUT2D eigenvalue weighted by Crippen LogP contribution is 2.28. The van der Waals surface area contributed by atoms with E-state index in [1.165, 1.54) is 12.8 Å². The summed E-state index contributed by atoms with van der Waals surface area (Å²) in [6.07, 6.45) is 4.20. The molecular weight excluding hydrogens is 469 g/mol. The second-order valence-corrected chi connectivity index (χ2v) is 7.55. The number of aliphatic imine (C=N–C) groups is 1. The molecule has 1 amide bonds. The third-order valence-electron chi connectivity index (χ3n) is 5.23. The fourth-order valence-corrected chi connectivity index (χ4v) is 3.64. The summed E-state index contributed by atoms with van der Waals surface area (Å²) in [6.45, 7) is 12.2. The zero-order valence-corrected chi connectivity index (χ0v) is 19.6. The van der Waals surface area contributed by atoms with Gasteiger partial charge in [0.15, 0.2) is 11.7 Å². The van der Waals surface area contributed by atoms with Crippen molar-refractivity contribution in [2.75, 3.05) is 45.8 Å². The normalized spacial score (nSPS) is 17.8. The fraction of sp³-hybridized carbons (Fsp3) is 0.700. The standard InChI is InChI=1S/C20H33N5O2.HI/c1-4-21-20(22-9-10-25(16(2)3)17-7-8-17)24-13-11-23(12-14-24)19(26)18-6-5-15-27-18;/h5-6,15-17H,4,7-14H2,1-3H3,(H,21,22);1H. The van der Waals surface area contributed by atoms with Gasteiger partial charge in [0.25, 0.3) is 5.91 Å². The lowest BCUT2D eigenvalue weighted by Gasteiger charge is -2.36. The van der Waals surface area contributed by atoms with E-state index in [4.69, 9.17) is 9.41 Å². The molecule has 0 aromatic carbocycles. The lowest BCUT2D eigenvalue weighted by Crippen LogP contribution is -2.54. The molecule has 1 saturated carbocycles. The van der Waals surface area contributed by atoms with Crippen LogP contribution >= 0.6 is 24.0 Å². The van der Waals surface area contributed by atoms with E-state index in [2.05, 4.69) is 35.9 Å². The molecule has 1 N–H and O–H groups in total. The predicted molar refractivity (Wildman–Crippen MR) is 122 cm³/mol. The van der Waals surface area contributed by atoms with Crippen molar-refractivity contribution in [1.29, 1.82) is 0 Å². The average molecular weight is 503 g/mol. The van der Waals surface area contributed by atoms with Crippen LogP contribution in [0, 0.1) is 0 Å². The molecule has 3 rings (SSSR count). The molecule has 1 aliphatic carbocycles. The van der Waals surface area contributed by atoms with E-state index in [0.717, 1.165) is 44.7 Å². The van der Waals surface area contributed by atoms with Crippen LogP contribution in [-0.4, -0.2) is 84.5 Å². The molecular formula is C20H34IN5O2. The van der Waals surface area contributed by atoms with Gasteiger partial charge in [0, 0.05) is 51.4 Å². The summed E-state index contributed by atoms with van der Waals surface area (Å²) in [6, 6.07) is 4.81. The minimum atomic E-state index is -0.0291. The number of piperazine rings is 1. The van der Waals surface area contributed by atoms with Gasteiger partial charge in [-0.15, -0.1) is 24.0 Å². The van der Waals surface area contributed by atoms with Crippen molar-refractivity contribution in [2.45, 2.75) is 45.7 Å². The van der Waals surface area contributed by atoms with Gasteiger partial charge in [-0.3, -0.25) is 14.7 Å². The van der Waals surface area contributed by atoms with E-state index in [9.17, 15) is 4.79 Å². The average Bonchev–Trinajstić information content (AvgIpc) is 3.35. The largest absolute Gasteiger partial charge is 0.459 e. The fourth-order valence-electron chi connectivity index (χ4n) is 3.64. The van der Waals surface area contributed by atoms with Gasteiger partial charge in [0.1, 0.15) is 0 Å². The Balaban J connectivity index is 0.00000280. The van der Waals surface area contributed by atoms with E-state index in [1.54, 1.807) is 18.4 Å². The van der Waals surface area contributed by atoms with Gasteiger partial charge < -0.3 is 19.5 Å². The predicted octanol–water partition coefficient (Wildman–Crippen LogP) is 2.49. The molecule has 2 aliphatic rings. The van der Waals surface area contributed by atoms with Crippen LogP contribution in [0.5, 0.6) is 0 Å². The molecule has 2 fully saturated rings. The summed E-state index contributed by atoms with van der Waals surface area (Å²) in [5.41, 5.74) is 0. The van der Waals surface area contributed by atoms with Crippen LogP contribution in [0.2, 0.25) is 0 Å². The van der Waals surface area contributed by atoms with Crippen molar-refractivity contribution in [3.8, 4) is 0 Å². The molecule has 1 aromatic rings. The first kappa shape index (κ1) is 23.0. The molecule has 0 spiro atoms. The van der Waals surface area contributed by atoms with Crippen molar-refractivity contribution >= 4 is 35.8 Å². The highest BCUT2D eigenvalue weighted by atomic mass is 127. The number of halogens is 1. The molecule has 1 aliphatic heterocycles. The smallest absolute Gasteiger partial charge is 0.289 e. The molecule has 0 bridgehead atoms. The first-order valence-electron chi connectivity index (χ1n) is 10.2. The number of hydrogen-bond acceptors (Lipinski definition) is 4. The summed E-state index contributed by atoms with van der Waals surface area (Å²) < 4.78 is 5.23. The Morgan fingerprint density at radius 3 is 2.50 bits per heavy atom. The number of carbonyl (C=O) groups is 1. The monoisotopic (exact) mass is 503 g/mol. The van der Waals surface area contributed by atoms with Crippen LogP contribution in [0.25, 0.3) is 0 Å². The maximum Gasteiger partial charge on any atom is 0.289 e. The van der Waals surface area contributed by atoms with Crippen molar-refractivity contribution in [3.63, 3.8) is 0 Å². The molecule has 0 radical (unpaired) electrons. The van der Waals surface area contributed by atoms with E-state index in [1.807, 2.05) is 4.90 Å². The second kappa shape index (κ2) is 11.0. The topological polar surface area (TPSA) is 64.3 Å². The number of nitrogens with one attached hydrogen (secondary N) is 1. The van der Waals surface area contributed by atoms with Crippen molar-refractivity contribution in [3.05, 3.63) is 24.2 Å². The molecule has 0 atom stereocenters. The van der Waals surface area contributed by atoms with Crippen LogP contribution in [0.15, 0.2) is 27.8 Å². The molecule has 28 heavy (non-hydrogen) atoms. The number of nitrogens with zero attached hydrogens (tertiary/aromatic N) is 4. The third kappa shape index (κ3) is 6.10.